The van der Waals surface area contributed by atoms with Gasteiger partial charge in [0.2, 0.25) is 0 Å². The number of hydrogen-bond acceptors (Lipinski definition) is 5. The summed E-state index contributed by atoms with van der Waals surface area (Å²) in [7, 11) is 3.18. The SMILES string of the molecule is CCCOc1cccc2c1NCC(c1cccc(OC)c1OC)C2=O. The maximum atomic E-state index is 13.1. The van der Waals surface area contributed by atoms with E-state index in [2.05, 4.69) is 12.2 Å². The Kier molecular flexibility index (Phi) is 5.12. The molecule has 0 bridgehead atoms. The number of ketones is 1. The molecule has 1 N–H and O–H groups in total. The van der Waals surface area contributed by atoms with Crippen LogP contribution in [0, 0.1) is 0 Å². The Balaban J connectivity index is 1.98. The van der Waals surface area contributed by atoms with Crippen LogP contribution < -0.4 is 19.5 Å². The Labute approximate surface area is 147 Å². The van der Waals surface area contributed by atoms with Crippen molar-refractivity contribution in [1.29, 1.82) is 0 Å². The van der Waals surface area contributed by atoms with Crippen LogP contribution in [0.15, 0.2) is 36.4 Å². The van der Waals surface area contributed by atoms with Crippen molar-refractivity contribution in [3.05, 3.63) is 47.5 Å². The van der Waals surface area contributed by atoms with E-state index in [0.29, 0.717) is 30.2 Å². The molecule has 0 aliphatic carbocycles. The molecule has 2 aromatic rings. The summed E-state index contributed by atoms with van der Waals surface area (Å²) in [6, 6.07) is 11.2. The lowest BCUT2D eigenvalue weighted by atomic mass is 9.86. The van der Waals surface area contributed by atoms with Gasteiger partial charge in [0, 0.05) is 17.7 Å². The van der Waals surface area contributed by atoms with Gasteiger partial charge in [-0.2, -0.15) is 0 Å². The molecule has 0 aromatic heterocycles. The molecule has 25 heavy (non-hydrogen) atoms. The van der Waals surface area contributed by atoms with E-state index < -0.39 is 0 Å². The standard InChI is InChI=1S/C20H23NO4/c1-4-11-25-16-9-6-8-14-18(16)21-12-15(19(14)22)13-7-5-10-17(23-2)20(13)24-3/h5-10,15,21H,4,11-12H2,1-3H3. The largest absolute Gasteiger partial charge is 0.493 e. The van der Waals surface area contributed by atoms with Crippen LogP contribution in [0.25, 0.3) is 0 Å². The number of benzene rings is 2. The summed E-state index contributed by atoms with van der Waals surface area (Å²) >= 11 is 0. The van der Waals surface area contributed by atoms with Crippen LogP contribution in [-0.4, -0.2) is 33.2 Å². The van der Waals surface area contributed by atoms with E-state index in [-0.39, 0.29) is 11.7 Å². The predicted octanol–water partition coefficient (Wildman–Crippen LogP) is 3.88. The number of rotatable bonds is 6. The molecule has 5 heteroatoms. The van der Waals surface area contributed by atoms with E-state index in [1.165, 1.54) is 0 Å². The van der Waals surface area contributed by atoms with E-state index in [0.717, 1.165) is 23.4 Å². The van der Waals surface area contributed by atoms with Crippen molar-refractivity contribution in [2.75, 3.05) is 32.7 Å². The third-order valence-electron chi connectivity index (χ3n) is 4.36. The third-order valence-corrected chi connectivity index (χ3v) is 4.36. The summed E-state index contributed by atoms with van der Waals surface area (Å²) < 4.78 is 16.6. The highest BCUT2D eigenvalue weighted by molar-refractivity contribution is 6.08. The first-order valence-corrected chi connectivity index (χ1v) is 8.46. The third kappa shape index (κ3) is 3.14. The zero-order valence-corrected chi connectivity index (χ0v) is 14.8. The second-order valence-electron chi connectivity index (χ2n) is 5.91. The van der Waals surface area contributed by atoms with Crippen molar-refractivity contribution in [2.24, 2.45) is 0 Å². The summed E-state index contributed by atoms with van der Waals surface area (Å²) in [6.07, 6.45) is 0.918. The topological polar surface area (TPSA) is 56.8 Å². The van der Waals surface area contributed by atoms with Gasteiger partial charge in [-0.3, -0.25) is 4.79 Å². The van der Waals surface area contributed by atoms with E-state index >= 15 is 0 Å². The number of carbonyl (C=O) groups excluding carboxylic acids is 1. The van der Waals surface area contributed by atoms with E-state index in [1.807, 2.05) is 36.4 Å². The van der Waals surface area contributed by atoms with E-state index in [4.69, 9.17) is 14.2 Å². The number of hydrogen-bond donors (Lipinski definition) is 1. The Morgan fingerprint density at radius 2 is 1.84 bits per heavy atom. The zero-order valence-electron chi connectivity index (χ0n) is 14.8. The first-order valence-electron chi connectivity index (χ1n) is 8.46. The summed E-state index contributed by atoms with van der Waals surface area (Å²) in [6.45, 7) is 3.17. The highest BCUT2D eigenvalue weighted by Crippen LogP contribution is 2.41. The minimum Gasteiger partial charge on any atom is -0.493 e. The molecule has 0 saturated heterocycles. The number of carbonyl (C=O) groups is 1. The molecule has 0 amide bonds. The molecular formula is C20H23NO4. The molecular weight excluding hydrogens is 318 g/mol. The normalized spacial score (nSPS) is 16.0. The molecule has 0 fully saturated rings. The fraction of sp³-hybridized carbons (Fsp3) is 0.350. The molecule has 5 nitrogen and oxygen atoms in total. The van der Waals surface area contributed by atoms with Gasteiger partial charge in [-0.1, -0.05) is 25.1 Å². The zero-order chi connectivity index (χ0) is 17.8. The Morgan fingerprint density at radius 3 is 2.56 bits per heavy atom. The molecule has 1 aliphatic heterocycles. The summed E-state index contributed by atoms with van der Waals surface area (Å²) in [5, 5.41) is 3.37. The lowest BCUT2D eigenvalue weighted by Crippen LogP contribution is -2.28. The molecule has 0 saturated carbocycles. The number of methoxy groups -OCH3 is 2. The van der Waals surface area contributed by atoms with Crippen LogP contribution in [0.4, 0.5) is 5.69 Å². The molecule has 0 radical (unpaired) electrons. The first kappa shape index (κ1) is 17.1. The predicted molar refractivity (Wildman–Crippen MR) is 97.3 cm³/mol. The van der Waals surface area contributed by atoms with Gasteiger partial charge in [0.25, 0.3) is 0 Å². The van der Waals surface area contributed by atoms with E-state index in [1.54, 1.807) is 14.2 Å². The Morgan fingerprint density at radius 1 is 1.08 bits per heavy atom. The minimum absolute atomic E-state index is 0.0576. The molecule has 0 spiro atoms. The number of nitrogens with one attached hydrogen (secondary N) is 1. The quantitative estimate of drug-likeness (QED) is 0.864. The fourth-order valence-electron chi connectivity index (χ4n) is 3.17. The van der Waals surface area contributed by atoms with Gasteiger partial charge in [-0.15, -0.1) is 0 Å². The van der Waals surface area contributed by atoms with Crippen LogP contribution >= 0.6 is 0 Å². The molecule has 2 aromatic carbocycles. The van der Waals surface area contributed by atoms with Crippen molar-refractivity contribution < 1.29 is 19.0 Å². The Bertz CT molecular complexity index is 772. The van der Waals surface area contributed by atoms with Gasteiger partial charge in [0.1, 0.15) is 5.75 Å². The summed E-state index contributed by atoms with van der Waals surface area (Å²) in [5.74, 6) is 1.68. The van der Waals surface area contributed by atoms with Gasteiger partial charge < -0.3 is 19.5 Å². The van der Waals surface area contributed by atoms with Crippen molar-refractivity contribution in [3.8, 4) is 17.2 Å². The van der Waals surface area contributed by atoms with Crippen LogP contribution in [0.3, 0.4) is 0 Å². The van der Waals surface area contributed by atoms with Crippen LogP contribution in [0.2, 0.25) is 0 Å². The van der Waals surface area contributed by atoms with Crippen LogP contribution in [0.5, 0.6) is 17.2 Å². The van der Waals surface area contributed by atoms with Crippen molar-refractivity contribution in [1.82, 2.24) is 0 Å². The number of fused-ring (bicyclic) bond motifs is 1. The van der Waals surface area contributed by atoms with Gasteiger partial charge in [-0.05, 0) is 24.6 Å². The Hall–Kier alpha value is -2.69. The van der Waals surface area contributed by atoms with Gasteiger partial charge in [0.05, 0.1) is 32.4 Å². The number of Topliss-reactive ketones (excluding diaryl/α,β-unsaturated/α-hetero) is 1. The molecule has 3 rings (SSSR count). The van der Waals surface area contributed by atoms with Gasteiger partial charge >= 0.3 is 0 Å². The van der Waals surface area contributed by atoms with Crippen LogP contribution in [-0.2, 0) is 0 Å². The summed E-state index contributed by atoms with van der Waals surface area (Å²) in [5.41, 5.74) is 2.25. The van der Waals surface area contributed by atoms with Gasteiger partial charge in [0.15, 0.2) is 17.3 Å². The van der Waals surface area contributed by atoms with Crippen molar-refractivity contribution >= 4 is 11.5 Å². The number of ether oxygens (including phenoxy) is 3. The molecule has 1 unspecified atom stereocenters. The average Bonchev–Trinajstić information content (AvgIpc) is 2.66. The second-order valence-corrected chi connectivity index (χ2v) is 5.91. The van der Waals surface area contributed by atoms with E-state index in [9.17, 15) is 4.79 Å². The highest BCUT2D eigenvalue weighted by Gasteiger charge is 2.32. The van der Waals surface area contributed by atoms with Gasteiger partial charge in [-0.25, -0.2) is 0 Å². The highest BCUT2D eigenvalue weighted by atomic mass is 16.5. The minimum atomic E-state index is -0.334. The second kappa shape index (κ2) is 7.47. The molecule has 1 atom stereocenters. The smallest absolute Gasteiger partial charge is 0.174 e. The van der Waals surface area contributed by atoms with Crippen molar-refractivity contribution in [3.63, 3.8) is 0 Å². The molecule has 132 valence electrons. The maximum Gasteiger partial charge on any atom is 0.174 e. The summed E-state index contributed by atoms with van der Waals surface area (Å²) in [4.78, 5) is 13.1. The maximum absolute atomic E-state index is 13.1. The monoisotopic (exact) mass is 341 g/mol. The lowest BCUT2D eigenvalue weighted by molar-refractivity contribution is 0.0958. The van der Waals surface area contributed by atoms with Crippen molar-refractivity contribution in [2.45, 2.75) is 19.3 Å². The number of anilines is 1. The fourth-order valence-corrected chi connectivity index (χ4v) is 3.17. The van der Waals surface area contributed by atoms with Crippen LogP contribution in [0.1, 0.15) is 35.2 Å². The lowest BCUT2D eigenvalue weighted by Gasteiger charge is -2.28. The average molecular weight is 341 g/mol. The first-order chi connectivity index (χ1) is 12.2. The number of para-hydroxylation sites is 2. The molecule has 1 heterocycles. The molecule has 1 aliphatic rings.